The van der Waals surface area contributed by atoms with Gasteiger partial charge in [-0.1, -0.05) is 18.2 Å². The fraction of sp³-hybridized carbons (Fsp3) is 0.292. The van der Waals surface area contributed by atoms with Gasteiger partial charge in [0.2, 0.25) is 5.91 Å². The zero-order valence-corrected chi connectivity index (χ0v) is 18.9. The van der Waals surface area contributed by atoms with E-state index in [0.717, 1.165) is 35.1 Å². The van der Waals surface area contributed by atoms with E-state index in [1.54, 1.807) is 41.3 Å². The highest BCUT2D eigenvalue weighted by molar-refractivity contribution is 8.18. The number of carbonyl (C=O) groups excluding carboxylic acids is 3. The lowest BCUT2D eigenvalue weighted by Crippen LogP contribution is -2.40. The van der Waals surface area contributed by atoms with Crippen molar-refractivity contribution in [1.29, 1.82) is 0 Å². The number of hydrogen-bond donors (Lipinski definition) is 0. The molecule has 2 aliphatic heterocycles. The van der Waals surface area contributed by atoms with Crippen LogP contribution in [-0.2, 0) is 16.2 Å². The molecule has 7 nitrogen and oxygen atoms in total. The van der Waals surface area contributed by atoms with Crippen LogP contribution < -0.4 is 9.47 Å². The van der Waals surface area contributed by atoms with E-state index in [0.29, 0.717) is 30.2 Å². The second kappa shape index (κ2) is 10.1. The van der Waals surface area contributed by atoms with Gasteiger partial charge < -0.3 is 14.4 Å². The van der Waals surface area contributed by atoms with E-state index in [1.807, 2.05) is 0 Å². The number of nitrogens with zero attached hydrogens (tertiary/aromatic N) is 2. The monoisotopic (exact) mass is 470 g/mol. The molecule has 4 rings (SSSR count). The van der Waals surface area contributed by atoms with Gasteiger partial charge in [-0.25, -0.2) is 4.39 Å². The second-order valence-corrected chi connectivity index (χ2v) is 8.67. The molecule has 3 amide bonds. The molecule has 9 heteroatoms. The highest BCUT2D eigenvalue weighted by atomic mass is 32.2. The Morgan fingerprint density at radius 2 is 1.82 bits per heavy atom. The predicted molar refractivity (Wildman–Crippen MR) is 122 cm³/mol. The fourth-order valence-electron chi connectivity index (χ4n) is 3.62. The maximum absolute atomic E-state index is 13.1. The summed E-state index contributed by atoms with van der Waals surface area (Å²) < 4.78 is 24.2. The van der Waals surface area contributed by atoms with Crippen molar-refractivity contribution in [3.63, 3.8) is 0 Å². The summed E-state index contributed by atoms with van der Waals surface area (Å²) in [6, 6.07) is 11.2. The number of benzene rings is 2. The van der Waals surface area contributed by atoms with Gasteiger partial charge in [-0.05, 0) is 66.1 Å². The minimum absolute atomic E-state index is 0.208. The largest absolute Gasteiger partial charge is 0.493 e. The third-order valence-corrected chi connectivity index (χ3v) is 6.33. The lowest BCUT2D eigenvalue weighted by Gasteiger charge is -2.18. The fourth-order valence-corrected chi connectivity index (χ4v) is 4.46. The molecular weight excluding hydrogens is 447 g/mol. The lowest BCUT2D eigenvalue weighted by molar-refractivity contribution is -0.135. The SMILES string of the molecule is COc1cc(/C=C2\SC(=O)N(CC(=O)N3CCCC3)C2=O)ccc1OCc1ccc(F)cc1. The molecule has 2 aromatic carbocycles. The smallest absolute Gasteiger partial charge is 0.294 e. The zero-order valence-electron chi connectivity index (χ0n) is 18.1. The van der Waals surface area contributed by atoms with Gasteiger partial charge in [-0.15, -0.1) is 0 Å². The number of methoxy groups -OCH3 is 1. The Hall–Kier alpha value is -3.33. The van der Waals surface area contributed by atoms with Crippen molar-refractivity contribution in [2.75, 3.05) is 26.7 Å². The molecule has 172 valence electrons. The first-order valence-corrected chi connectivity index (χ1v) is 11.3. The van der Waals surface area contributed by atoms with Crippen molar-refractivity contribution in [2.45, 2.75) is 19.4 Å². The van der Waals surface area contributed by atoms with Crippen LogP contribution in [0.4, 0.5) is 9.18 Å². The zero-order chi connectivity index (χ0) is 23.4. The molecule has 2 heterocycles. The maximum atomic E-state index is 13.1. The number of rotatable bonds is 7. The van der Waals surface area contributed by atoms with Gasteiger partial charge in [0.25, 0.3) is 11.1 Å². The number of halogens is 1. The molecule has 0 N–H and O–H groups in total. The summed E-state index contributed by atoms with van der Waals surface area (Å²) in [6.45, 7) is 1.34. The van der Waals surface area contributed by atoms with Crippen LogP contribution in [0.15, 0.2) is 47.4 Å². The second-order valence-electron chi connectivity index (χ2n) is 7.68. The van der Waals surface area contributed by atoms with Crippen LogP contribution >= 0.6 is 11.8 Å². The molecular formula is C24H23FN2O5S. The van der Waals surface area contributed by atoms with Crippen molar-refractivity contribution < 1.29 is 28.2 Å². The molecule has 2 saturated heterocycles. The molecule has 2 aromatic rings. The Bertz CT molecular complexity index is 1100. The van der Waals surface area contributed by atoms with Gasteiger partial charge >= 0.3 is 0 Å². The molecule has 33 heavy (non-hydrogen) atoms. The highest BCUT2D eigenvalue weighted by Gasteiger charge is 2.37. The quantitative estimate of drug-likeness (QED) is 0.568. The van der Waals surface area contributed by atoms with Crippen LogP contribution in [0.3, 0.4) is 0 Å². The number of amides is 3. The molecule has 0 radical (unpaired) electrons. The van der Waals surface area contributed by atoms with Crippen LogP contribution in [0, 0.1) is 5.82 Å². The first-order chi connectivity index (χ1) is 15.9. The normalized spacial score (nSPS) is 17.2. The molecule has 2 fully saturated rings. The number of likely N-dealkylation sites (tertiary alicyclic amines) is 1. The Labute approximate surface area is 195 Å². The lowest BCUT2D eigenvalue weighted by atomic mass is 10.1. The minimum Gasteiger partial charge on any atom is -0.493 e. The summed E-state index contributed by atoms with van der Waals surface area (Å²) in [6.07, 6.45) is 3.48. The van der Waals surface area contributed by atoms with Crippen molar-refractivity contribution in [3.05, 3.63) is 64.3 Å². The summed E-state index contributed by atoms with van der Waals surface area (Å²) in [5, 5.41) is -0.454. The van der Waals surface area contributed by atoms with Crippen LogP contribution in [-0.4, -0.2) is 53.6 Å². The van der Waals surface area contributed by atoms with Crippen molar-refractivity contribution in [3.8, 4) is 11.5 Å². The van der Waals surface area contributed by atoms with E-state index in [9.17, 15) is 18.8 Å². The third kappa shape index (κ3) is 5.36. The standard InChI is InChI=1S/C24H23FN2O5S/c1-31-20-12-17(6-9-19(20)32-15-16-4-7-18(25)8-5-16)13-21-23(29)27(24(30)33-21)14-22(28)26-10-2-3-11-26/h4-9,12-13H,2-3,10-11,14-15H2,1H3/b21-13-. The average molecular weight is 471 g/mol. The first kappa shape index (κ1) is 22.8. The summed E-state index contributed by atoms with van der Waals surface area (Å²) in [5.74, 6) is -0.0587. The molecule has 0 spiro atoms. The van der Waals surface area contributed by atoms with Crippen LogP contribution in [0.5, 0.6) is 11.5 Å². The average Bonchev–Trinajstić information content (AvgIpc) is 3.44. The predicted octanol–water partition coefficient (Wildman–Crippen LogP) is 4.07. The molecule has 0 atom stereocenters. The molecule has 0 aromatic heterocycles. The number of thioether (sulfide) groups is 1. The maximum Gasteiger partial charge on any atom is 0.294 e. The number of hydrogen-bond acceptors (Lipinski definition) is 6. The van der Waals surface area contributed by atoms with E-state index >= 15 is 0 Å². The molecule has 0 saturated carbocycles. The molecule has 0 bridgehead atoms. The van der Waals surface area contributed by atoms with Crippen LogP contribution in [0.25, 0.3) is 6.08 Å². The van der Waals surface area contributed by atoms with Crippen molar-refractivity contribution in [2.24, 2.45) is 0 Å². The first-order valence-electron chi connectivity index (χ1n) is 10.5. The number of imide groups is 1. The van der Waals surface area contributed by atoms with Crippen molar-refractivity contribution in [1.82, 2.24) is 9.80 Å². The van der Waals surface area contributed by atoms with E-state index < -0.39 is 11.1 Å². The van der Waals surface area contributed by atoms with E-state index in [2.05, 4.69) is 0 Å². The van der Waals surface area contributed by atoms with Gasteiger partial charge in [-0.2, -0.15) is 0 Å². The summed E-state index contributed by atoms with van der Waals surface area (Å²) >= 11 is 0.813. The van der Waals surface area contributed by atoms with Gasteiger partial charge in [0, 0.05) is 13.1 Å². The summed E-state index contributed by atoms with van der Waals surface area (Å²) in [4.78, 5) is 40.4. The third-order valence-electron chi connectivity index (χ3n) is 5.42. The van der Waals surface area contributed by atoms with Crippen LogP contribution in [0.2, 0.25) is 0 Å². The summed E-state index contributed by atoms with van der Waals surface area (Å²) in [7, 11) is 1.50. The molecule has 0 unspecified atom stereocenters. The van der Waals surface area contributed by atoms with Gasteiger partial charge in [0.05, 0.1) is 12.0 Å². The minimum atomic E-state index is -0.479. The summed E-state index contributed by atoms with van der Waals surface area (Å²) in [5.41, 5.74) is 1.46. The van der Waals surface area contributed by atoms with Gasteiger partial charge in [0.1, 0.15) is 19.0 Å². The Morgan fingerprint density at radius 1 is 1.09 bits per heavy atom. The van der Waals surface area contributed by atoms with E-state index in [1.165, 1.54) is 19.2 Å². The van der Waals surface area contributed by atoms with E-state index in [4.69, 9.17) is 9.47 Å². The Balaban J connectivity index is 1.44. The van der Waals surface area contributed by atoms with Crippen molar-refractivity contribution >= 4 is 34.9 Å². The Kier molecular flexibility index (Phi) is 6.98. The molecule has 2 aliphatic rings. The van der Waals surface area contributed by atoms with E-state index in [-0.39, 0.29) is 29.8 Å². The molecule has 0 aliphatic carbocycles. The number of carbonyl (C=O) groups is 3. The topological polar surface area (TPSA) is 76.2 Å². The highest BCUT2D eigenvalue weighted by Crippen LogP contribution is 2.35. The number of ether oxygens (including phenoxy) is 2. The van der Waals surface area contributed by atoms with Gasteiger partial charge in [-0.3, -0.25) is 19.3 Å². The van der Waals surface area contributed by atoms with Gasteiger partial charge in [0.15, 0.2) is 11.5 Å². The van der Waals surface area contributed by atoms with Crippen LogP contribution in [0.1, 0.15) is 24.0 Å². The Morgan fingerprint density at radius 3 is 2.52 bits per heavy atom.